The molecule has 0 aliphatic heterocycles. The maximum atomic E-state index is 12.7. The van der Waals surface area contributed by atoms with Crippen molar-refractivity contribution < 1.29 is 0 Å². The summed E-state index contributed by atoms with van der Waals surface area (Å²) in [5.74, 6) is 1.62. The minimum atomic E-state index is 0.0326. The van der Waals surface area contributed by atoms with Gasteiger partial charge in [-0.3, -0.25) is 4.79 Å². The number of thioether (sulfide) groups is 1. The Morgan fingerprint density at radius 3 is 2.96 bits per heavy atom. The number of thiophene rings is 1. The van der Waals surface area contributed by atoms with E-state index in [4.69, 9.17) is 9.97 Å². The van der Waals surface area contributed by atoms with Crippen LogP contribution in [0, 0.1) is 0 Å². The Bertz CT molecular complexity index is 1220. The smallest absolute Gasteiger partial charge is 0.259 e. The molecule has 0 bridgehead atoms. The summed E-state index contributed by atoms with van der Waals surface area (Å²) < 4.78 is 2.24. The zero-order valence-electron chi connectivity index (χ0n) is 15.8. The van der Waals surface area contributed by atoms with Gasteiger partial charge in [0.2, 0.25) is 0 Å². The van der Waals surface area contributed by atoms with E-state index in [0.29, 0.717) is 0 Å². The summed E-state index contributed by atoms with van der Waals surface area (Å²) in [5.41, 5.74) is 3.48. The van der Waals surface area contributed by atoms with Gasteiger partial charge in [-0.25, -0.2) is 9.97 Å². The van der Waals surface area contributed by atoms with Crippen molar-refractivity contribution in [3.63, 3.8) is 0 Å². The predicted molar refractivity (Wildman–Crippen MR) is 117 cm³/mol. The number of hydrogen-bond acceptors (Lipinski definition) is 5. The van der Waals surface area contributed by atoms with Gasteiger partial charge in [-0.05, 0) is 50.3 Å². The van der Waals surface area contributed by atoms with Crippen LogP contribution in [-0.2, 0) is 25.8 Å². The number of fused-ring (bicyclic) bond motifs is 4. The maximum Gasteiger partial charge on any atom is 0.259 e. The Balaban J connectivity index is 1.37. The summed E-state index contributed by atoms with van der Waals surface area (Å²) in [6.45, 7) is 3.04. The molecule has 7 heteroatoms. The van der Waals surface area contributed by atoms with Crippen molar-refractivity contribution in [3.05, 3.63) is 50.9 Å². The first-order chi connectivity index (χ1) is 13.7. The van der Waals surface area contributed by atoms with E-state index in [9.17, 15) is 4.79 Å². The third-order valence-corrected chi connectivity index (χ3v) is 7.54. The van der Waals surface area contributed by atoms with Crippen LogP contribution in [0.15, 0.2) is 34.2 Å². The maximum absolute atomic E-state index is 12.7. The van der Waals surface area contributed by atoms with Gasteiger partial charge in [-0.15, -0.1) is 11.3 Å². The predicted octanol–water partition coefficient (Wildman–Crippen LogP) is 4.57. The molecule has 3 heterocycles. The molecule has 0 unspecified atom stereocenters. The topological polar surface area (TPSA) is 63.6 Å². The van der Waals surface area contributed by atoms with Crippen LogP contribution in [0.2, 0.25) is 0 Å². The molecule has 0 fully saturated rings. The lowest BCUT2D eigenvalue weighted by Gasteiger charge is -2.09. The number of para-hydroxylation sites is 2. The highest BCUT2D eigenvalue weighted by molar-refractivity contribution is 7.99. The molecule has 0 saturated carbocycles. The molecule has 1 aliphatic rings. The molecule has 4 aromatic rings. The van der Waals surface area contributed by atoms with E-state index in [1.807, 2.05) is 6.07 Å². The second-order valence-electron chi connectivity index (χ2n) is 7.13. The summed E-state index contributed by atoms with van der Waals surface area (Å²) in [6.07, 6.45) is 5.23. The van der Waals surface area contributed by atoms with Crippen molar-refractivity contribution in [2.75, 3.05) is 5.75 Å². The van der Waals surface area contributed by atoms with Crippen molar-refractivity contribution in [3.8, 4) is 0 Å². The van der Waals surface area contributed by atoms with Crippen LogP contribution in [0.4, 0.5) is 0 Å². The van der Waals surface area contributed by atoms with Gasteiger partial charge in [-0.2, -0.15) is 0 Å². The molecule has 5 nitrogen and oxygen atoms in total. The number of imidazole rings is 1. The van der Waals surface area contributed by atoms with E-state index in [2.05, 4.69) is 34.7 Å². The molecule has 0 atom stereocenters. The second kappa shape index (κ2) is 7.37. The van der Waals surface area contributed by atoms with Crippen molar-refractivity contribution in [1.82, 2.24) is 19.5 Å². The highest BCUT2D eigenvalue weighted by Gasteiger charge is 2.19. The number of aryl methyl sites for hydroxylation is 4. The largest absolute Gasteiger partial charge is 0.319 e. The minimum Gasteiger partial charge on any atom is -0.319 e. The lowest BCUT2D eigenvalue weighted by atomic mass is 9.97. The summed E-state index contributed by atoms with van der Waals surface area (Å²) in [5, 5.41) is 1.86. The fourth-order valence-electron chi connectivity index (χ4n) is 4.04. The monoisotopic (exact) mass is 410 g/mol. The summed E-state index contributed by atoms with van der Waals surface area (Å²) >= 11 is 3.44. The summed E-state index contributed by atoms with van der Waals surface area (Å²) in [6, 6.07) is 8.24. The molecule has 144 valence electrons. The van der Waals surface area contributed by atoms with Gasteiger partial charge < -0.3 is 9.55 Å². The molecule has 5 rings (SSSR count). The molecule has 0 radical (unpaired) electrons. The third-order valence-electron chi connectivity index (χ3n) is 5.38. The first-order valence-corrected chi connectivity index (χ1v) is 11.7. The van der Waals surface area contributed by atoms with E-state index >= 15 is 0 Å². The fourth-order valence-corrected chi connectivity index (χ4v) is 6.34. The van der Waals surface area contributed by atoms with E-state index < -0.39 is 0 Å². The molecule has 3 aromatic heterocycles. The summed E-state index contributed by atoms with van der Waals surface area (Å²) in [7, 11) is 0. The number of aromatic nitrogens is 4. The van der Waals surface area contributed by atoms with Crippen molar-refractivity contribution in [1.29, 1.82) is 0 Å². The summed E-state index contributed by atoms with van der Waals surface area (Å²) in [4.78, 5) is 27.5. The average Bonchev–Trinajstić information content (AvgIpc) is 3.25. The normalized spacial score (nSPS) is 14.0. The Labute approximate surface area is 171 Å². The minimum absolute atomic E-state index is 0.0326. The van der Waals surface area contributed by atoms with Gasteiger partial charge >= 0.3 is 0 Å². The van der Waals surface area contributed by atoms with E-state index in [1.165, 1.54) is 28.8 Å². The van der Waals surface area contributed by atoms with E-state index in [0.717, 1.165) is 58.3 Å². The van der Waals surface area contributed by atoms with Crippen LogP contribution in [0.3, 0.4) is 0 Å². The number of nitrogens with one attached hydrogen (secondary N) is 1. The number of rotatable bonds is 5. The second-order valence-corrected chi connectivity index (χ2v) is 9.28. The van der Waals surface area contributed by atoms with Crippen molar-refractivity contribution in [2.24, 2.45) is 0 Å². The number of nitrogens with zero attached hydrogens (tertiary/aromatic N) is 3. The lowest BCUT2D eigenvalue weighted by molar-refractivity contribution is 0.700. The van der Waals surface area contributed by atoms with Gasteiger partial charge in [0, 0.05) is 23.6 Å². The van der Waals surface area contributed by atoms with Crippen LogP contribution in [0.1, 0.15) is 36.0 Å². The SMILES string of the molecule is CCn1c(SCCc2nc3sc4c(c3c(=O)[nH]2)CCCC4)nc2ccccc21. The third kappa shape index (κ3) is 3.06. The van der Waals surface area contributed by atoms with Crippen LogP contribution < -0.4 is 5.56 Å². The number of H-pyrrole nitrogens is 1. The van der Waals surface area contributed by atoms with Gasteiger partial charge in [0.15, 0.2) is 5.16 Å². The number of benzene rings is 1. The zero-order chi connectivity index (χ0) is 19.1. The quantitative estimate of drug-likeness (QED) is 0.490. The first-order valence-electron chi connectivity index (χ1n) is 9.86. The van der Waals surface area contributed by atoms with Crippen molar-refractivity contribution >= 4 is 44.3 Å². The Hall–Kier alpha value is -2.12. The number of hydrogen-bond donors (Lipinski definition) is 1. The Kier molecular flexibility index (Phi) is 4.72. The molecular weight excluding hydrogens is 388 g/mol. The van der Waals surface area contributed by atoms with Gasteiger partial charge in [-0.1, -0.05) is 23.9 Å². The van der Waals surface area contributed by atoms with Crippen LogP contribution in [-0.4, -0.2) is 25.3 Å². The zero-order valence-corrected chi connectivity index (χ0v) is 17.5. The molecular formula is C21H22N4OS2. The molecule has 0 amide bonds. The molecule has 0 spiro atoms. The molecule has 1 N–H and O–H groups in total. The van der Waals surface area contributed by atoms with E-state index in [-0.39, 0.29) is 5.56 Å². The van der Waals surface area contributed by atoms with Crippen LogP contribution >= 0.6 is 23.1 Å². The number of aromatic amines is 1. The van der Waals surface area contributed by atoms with Crippen LogP contribution in [0.5, 0.6) is 0 Å². The first kappa shape index (κ1) is 17.9. The molecule has 1 aromatic carbocycles. The van der Waals surface area contributed by atoms with Gasteiger partial charge in [0.1, 0.15) is 10.7 Å². The standard InChI is InChI=1S/C21H22N4OS2/c1-2-25-15-9-5-4-8-14(15)22-21(25)27-12-11-17-23-19(26)18-13-7-3-6-10-16(13)28-20(18)24-17/h4-5,8-9H,2-3,6-7,10-12H2,1H3,(H,23,24,26). The lowest BCUT2D eigenvalue weighted by Crippen LogP contribution is -2.13. The van der Waals surface area contributed by atoms with Gasteiger partial charge in [0.05, 0.1) is 16.4 Å². The highest BCUT2D eigenvalue weighted by Crippen LogP contribution is 2.33. The van der Waals surface area contributed by atoms with Gasteiger partial charge in [0.25, 0.3) is 5.56 Å². The van der Waals surface area contributed by atoms with E-state index in [1.54, 1.807) is 23.1 Å². The van der Waals surface area contributed by atoms with Crippen LogP contribution in [0.25, 0.3) is 21.3 Å². The molecule has 0 saturated heterocycles. The molecule has 28 heavy (non-hydrogen) atoms. The van der Waals surface area contributed by atoms with Crippen molar-refractivity contribution in [2.45, 2.75) is 50.7 Å². The average molecular weight is 411 g/mol. The highest BCUT2D eigenvalue weighted by atomic mass is 32.2. The molecule has 1 aliphatic carbocycles. The Morgan fingerprint density at radius 2 is 2.07 bits per heavy atom. The Morgan fingerprint density at radius 1 is 1.21 bits per heavy atom. The fraction of sp³-hybridized carbons (Fsp3) is 0.381.